The van der Waals surface area contributed by atoms with Crippen molar-refractivity contribution in [2.45, 2.75) is 6.42 Å². The number of urea groups is 1. The predicted octanol–water partition coefficient (Wildman–Crippen LogP) is 0.127. The Kier molecular flexibility index (Phi) is 5.45. The number of likely N-dealkylation sites (tertiary alicyclic amines) is 1. The Bertz CT molecular complexity index is 260. The van der Waals surface area contributed by atoms with Gasteiger partial charge in [0, 0.05) is 20.1 Å². The molecule has 0 aromatic carbocycles. The van der Waals surface area contributed by atoms with Gasteiger partial charge in [-0.1, -0.05) is 0 Å². The smallest absolute Gasteiger partial charge is 0.314 e. The number of hydrogen-bond donors (Lipinski definition) is 2. The normalized spacial score (nSPS) is 19.6. The lowest BCUT2D eigenvalue weighted by atomic mass is 10.2. The molecule has 0 saturated carbocycles. The molecule has 0 aliphatic carbocycles. The minimum atomic E-state index is -0.312. The fourth-order valence-electron chi connectivity index (χ4n) is 1.79. The highest BCUT2D eigenvalue weighted by atomic mass is 32.2. The fraction of sp³-hybridized carbons (Fsp3) is 0.800. The summed E-state index contributed by atoms with van der Waals surface area (Å²) >= 11 is 1.82. The lowest BCUT2D eigenvalue weighted by molar-refractivity contribution is -0.129. The molecule has 5 nitrogen and oxygen atoms in total. The van der Waals surface area contributed by atoms with Crippen LogP contribution in [-0.4, -0.2) is 55.5 Å². The van der Waals surface area contributed by atoms with Crippen LogP contribution < -0.4 is 10.6 Å². The first-order valence-corrected chi connectivity index (χ1v) is 6.79. The molecule has 1 aliphatic heterocycles. The highest BCUT2D eigenvalue weighted by Gasteiger charge is 2.25. The van der Waals surface area contributed by atoms with Crippen LogP contribution in [0.15, 0.2) is 0 Å². The van der Waals surface area contributed by atoms with Crippen molar-refractivity contribution in [1.82, 2.24) is 15.5 Å². The highest BCUT2D eigenvalue weighted by molar-refractivity contribution is 7.98. The predicted molar refractivity (Wildman–Crippen MR) is 65.5 cm³/mol. The topological polar surface area (TPSA) is 61.4 Å². The van der Waals surface area contributed by atoms with E-state index in [1.807, 2.05) is 16.7 Å². The zero-order valence-electron chi connectivity index (χ0n) is 9.78. The molecule has 92 valence electrons. The standard InChI is InChI=1S/C10H19N3O2S/c1-11-10(15)12-5-9(14)13-4-3-8(6-13)7-16-2/h8H,3-7H2,1-2H3,(H2,11,12,15)/t8-/m1/s1. The maximum absolute atomic E-state index is 11.7. The van der Waals surface area contributed by atoms with Crippen molar-refractivity contribution >= 4 is 23.7 Å². The number of carbonyl (C=O) groups excluding carboxylic acids is 2. The second kappa shape index (κ2) is 6.62. The molecule has 1 aliphatic rings. The number of nitrogens with zero attached hydrogens (tertiary/aromatic N) is 1. The third-order valence-corrected chi connectivity index (χ3v) is 3.47. The van der Waals surface area contributed by atoms with Gasteiger partial charge in [0.15, 0.2) is 0 Å². The van der Waals surface area contributed by atoms with E-state index in [0.717, 1.165) is 25.3 Å². The Morgan fingerprint density at radius 2 is 2.25 bits per heavy atom. The van der Waals surface area contributed by atoms with Crippen molar-refractivity contribution in [3.63, 3.8) is 0 Å². The molecule has 0 bridgehead atoms. The number of nitrogens with one attached hydrogen (secondary N) is 2. The number of rotatable bonds is 4. The van der Waals surface area contributed by atoms with Gasteiger partial charge in [0.1, 0.15) is 0 Å². The molecule has 1 fully saturated rings. The van der Waals surface area contributed by atoms with Gasteiger partial charge in [-0.2, -0.15) is 11.8 Å². The number of hydrogen-bond acceptors (Lipinski definition) is 3. The molecule has 1 heterocycles. The van der Waals surface area contributed by atoms with Crippen molar-refractivity contribution in [1.29, 1.82) is 0 Å². The van der Waals surface area contributed by atoms with Crippen molar-refractivity contribution in [2.24, 2.45) is 5.92 Å². The number of thioether (sulfide) groups is 1. The maximum Gasteiger partial charge on any atom is 0.314 e. The third-order valence-electron chi connectivity index (χ3n) is 2.67. The Balaban J connectivity index is 2.25. The van der Waals surface area contributed by atoms with Crippen LogP contribution >= 0.6 is 11.8 Å². The molecule has 0 aromatic heterocycles. The minimum absolute atomic E-state index is 0.00667. The van der Waals surface area contributed by atoms with Crippen LogP contribution in [0.2, 0.25) is 0 Å². The van der Waals surface area contributed by atoms with E-state index in [1.54, 1.807) is 0 Å². The zero-order chi connectivity index (χ0) is 12.0. The summed E-state index contributed by atoms with van der Waals surface area (Å²) in [5.41, 5.74) is 0. The van der Waals surface area contributed by atoms with Gasteiger partial charge < -0.3 is 15.5 Å². The van der Waals surface area contributed by atoms with Gasteiger partial charge in [0.25, 0.3) is 0 Å². The van der Waals surface area contributed by atoms with E-state index in [-0.39, 0.29) is 18.5 Å². The van der Waals surface area contributed by atoms with Crippen LogP contribution in [0.1, 0.15) is 6.42 Å². The fourth-order valence-corrected chi connectivity index (χ4v) is 2.53. The van der Waals surface area contributed by atoms with E-state index >= 15 is 0 Å². The van der Waals surface area contributed by atoms with Crippen LogP contribution in [0.5, 0.6) is 0 Å². The van der Waals surface area contributed by atoms with E-state index in [2.05, 4.69) is 16.9 Å². The average molecular weight is 245 g/mol. The van der Waals surface area contributed by atoms with E-state index in [4.69, 9.17) is 0 Å². The molecule has 0 spiro atoms. The molecule has 2 N–H and O–H groups in total. The number of carbonyl (C=O) groups is 2. The second-order valence-corrected chi connectivity index (χ2v) is 4.79. The van der Waals surface area contributed by atoms with Gasteiger partial charge in [0.2, 0.25) is 5.91 Å². The van der Waals surface area contributed by atoms with Crippen LogP contribution in [0, 0.1) is 5.92 Å². The first kappa shape index (κ1) is 13.2. The maximum atomic E-state index is 11.7. The summed E-state index contributed by atoms with van der Waals surface area (Å²) in [6, 6.07) is -0.312. The summed E-state index contributed by atoms with van der Waals surface area (Å²) in [6.07, 6.45) is 3.16. The Hall–Kier alpha value is -0.910. The molecule has 0 aromatic rings. The molecular weight excluding hydrogens is 226 g/mol. The molecule has 3 amide bonds. The van der Waals surface area contributed by atoms with E-state index in [0.29, 0.717) is 5.92 Å². The average Bonchev–Trinajstić information content (AvgIpc) is 2.74. The molecular formula is C10H19N3O2S. The van der Waals surface area contributed by atoms with E-state index in [1.165, 1.54) is 7.05 Å². The highest BCUT2D eigenvalue weighted by Crippen LogP contribution is 2.19. The van der Waals surface area contributed by atoms with Crippen LogP contribution in [0.25, 0.3) is 0 Å². The Morgan fingerprint density at radius 3 is 2.88 bits per heavy atom. The van der Waals surface area contributed by atoms with Crippen molar-refractivity contribution in [3.8, 4) is 0 Å². The van der Waals surface area contributed by atoms with Gasteiger partial charge >= 0.3 is 6.03 Å². The molecule has 1 atom stereocenters. The van der Waals surface area contributed by atoms with Crippen LogP contribution in [0.3, 0.4) is 0 Å². The van der Waals surface area contributed by atoms with Gasteiger partial charge in [0.05, 0.1) is 6.54 Å². The van der Waals surface area contributed by atoms with E-state index in [9.17, 15) is 9.59 Å². The summed E-state index contributed by atoms with van der Waals surface area (Å²) < 4.78 is 0. The SMILES string of the molecule is CNC(=O)NCC(=O)N1CC[C@@H](CSC)C1. The minimum Gasteiger partial charge on any atom is -0.341 e. The third kappa shape index (κ3) is 3.92. The molecule has 1 rings (SSSR count). The molecule has 0 unspecified atom stereocenters. The summed E-state index contributed by atoms with van der Waals surface area (Å²) in [7, 11) is 1.53. The quantitative estimate of drug-likeness (QED) is 0.740. The van der Waals surface area contributed by atoms with Gasteiger partial charge in [-0.3, -0.25) is 4.79 Å². The van der Waals surface area contributed by atoms with Crippen LogP contribution in [-0.2, 0) is 4.79 Å². The Morgan fingerprint density at radius 1 is 1.50 bits per heavy atom. The first-order valence-electron chi connectivity index (χ1n) is 5.39. The van der Waals surface area contributed by atoms with Gasteiger partial charge in [-0.05, 0) is 24.3 Å². The summed E-state index contributed by atoms with van der Waals surface area (Å²) in [6.45, 7) is 1.74. The first-order chi connectivity index (χ1) is 7.67. The zero-order valence-corrected chi connectivity index (χ0v) is 10.6. The van der Waals surface area contributed by atoms with Gasteiger partial charge in [-0.15, -0.1) is 0 Å². The molecule has 1 saturated heterocycles. The van der Waals surface area contributed by atoms with Crippen molar-refractivity contribution in [2.75, 3.05) is 38.7 Å². The van der Waals surface area contributed by atoms with Crippen LogP contribution in [0.4, 0.5) is 4.79 Å². The molecule has 0 radical (unpaired) electrons. The lowest BCUT2D eigenvalue weighted by Gasteiger charge is -2.16. The summed E-state index contributed by atoms with van der Waals surface area (Å²) in [5, 5.41) is 4.93. The molecule has 16 heavy (non-hydrogen) atoms. The lowest BCUT2D eigenvalue weighted by Crippen LogP contribution is -2.42. The second-order valence-electron chi connectivity index (χ2n) is 3.88. The largest absolute Gasteiger partial charge is 0.341 e. The summed E-state index contributed by atoms with van der Waals surface area (Å²) in [4.78, 5) is 24.4. The Labute approximate surface area is 100 Å². The monoisotopic (exact) mass is 245 g/mol. The van der Waals surface area contributed by atoms with Gasteiger partial charge in [-0.25, -0.2) is 4.79 Å². The van der Waals surface area contributed by atoms with E-state index < -0.39 is 0 Å². The van der Waals surface area contributed by atoms with Crippen molar-refractivity contribution in [3.05, 3.63) is 0 Å². The molecule has 6 heteroatoms. The number of amides is 3. The van der Waals surface area contributed by atoms with Crippen molar-refractivity contribution < 1.29 is 9.59 Å². The summed E-state index contributed by atoms with van der Waals surface area (Å²) in [5.74, 6) is 1.72.